The van der Waals surface area contributed by atoms with Crippen molar-refractivity contribution in [1.82, 2.24) is 4.31 Å². The minimum Gasteiger partial charge on any atom is -0.326 e. The number of hydrogen-bond donors (Lipinski definition) is 1. The molecule has 0 atom stereocenters. The van der Waals surface area contributed by atoms with Gasteiger partial charge in [-0.1, -0.05) is 26.0 Å². The highest BCUT2D eigenvalue weighted by molar-refractivity contribution is 7.89. The number of rotatable bonds is 7. The Labute approximate surface area is 147 Å². The first-order valence-electron chi connectivity index (χ1n) is 8.01. The van der Waals surface area contributed by atoms with E-state index in [-0.39, 0.29) is 23.0 Å². The zero-order chi connectivity index (χ0) is 18.4. The molecular formula is C18H21FN2O3S. The second-order valence-electron chi connectivity index (χ2n) is 5.47. The molecular weight excluding hydrogens is 343 g/mol. The average Bonchev–Trinajstić information content (AvgIpc) is 2.58. The van der Waals surface area contributed by atoms with Crippen molar-refractivity contribution in [3.05, 3.63) is 59.9 Å². The maximum absolute atomic E-state index is 12.9. The summed E-state index contributed by atoms with van der Waals surface area (Å²) < 4.78 is 39.0. The van der Waals surface area contributed by atoms with Gasteiger partial charge in [-0.25, -0.2) is 12.8 Å². The molecule has 134 valence electrons. The van der Waals surface area contributed by atoms with Crippen molar-refractivity contribution in [1.29, 1.82) is 0 Å². The summed E-state index contributed by atoms with van der Waals surface area (Å²) in [5, 5.41) is 2.70. The molecule has 2 rings (SSSR count). The van der Waals surface area contributed by atoms with E-state index in [1.807, 2.05) is 0 Å². The third-order valence-corrected chi connectivity index (χ3v) is 5.82. The van der Waals surface area contributed by atoms with Crippen LogP contribution in [0.4, 0.5) is 10.1 Å². The first-order valence-corrected chi connectivity index (χ1v) is 9.45. The van der Waals surface area contributed by atoms with Crippen LogP contribution in [0.2, 0.25) is 0 Å². The smallest absolute Gasteiger partial charge is 0.243 e. The molecule has 0 heterocycles. The highest BCUT2D eigenvalue weighted by Gasteiger charge is 2.21. The zero-order valence-corrected chi connectivity index (χ0v) is 15.0. The van der Waals surface area contributed by atoms with E-state index in [1.54, 1.807) is 38.1 Å². The van der Waals surface area contributed by atoms with Crippen LogP contribution in [-0.2, 0) is 21.2 Å². The fourth-order valence-electron chi connectivity index (χ4n) is 2.42. The minimum absolute atomic E-state index is 0.111. The van der Waals surface area contributed by atoms with Gasteiger partial charge in [0.2, 0.25) is 15.9 Å². The van der Waals surface area contributed by atoms with Gasteiger partial charge in [0.25, 0.3) is 0 Å². The first kappa shape index (κ1) is 19.1. The van der Waals surface area contributed by atoms with E-state index in [0.29, 0.717) is 24.3 Å². The number of benzene rings is 2. The third-order valence-electron chi connectivity index (χ3n) is 3.76. The topological polar surface area (TPSA) is 66.5 Å². The number of anilines is 1. The third kappa shape index (κ3) is 4.87. The molecule has 0 bridgehead atoms. The Balaban J connectivity index is 2.05. The Morgan fingerprint density at radius 2 is 1.56 bits per heavy atom. The van der Waals surface area contributed by atoms with E-state index in [2.05, 4.69) is 5.32 Å². The average molecular weight is 364 g/mol. The van der Waals surface area contributed by atoms with Crippen molar-refractivity contribution < 1.29 is 17.6 Å². The lowest BCUT2D eigenvalue weighted by molar-refractivity contribution is -0.115. The number of carbonyl (C=O) groups excluding carboxylic acids is 1. The van der Waals surface area contributed by atoms with E-state index in [9.17, 15) is 17.6 Å². The van der Waals surface area contributed by atoms with Crippen LogP contribution in [0.15, 0.2) is 53.4 Å². The lowest BCUT2D eigenvalue weighted by Crippen LogP contribution is -2.30. The van der Waals surface area contributed by atoms with Crippen LogP contribution in [0.5, 0.6) is 0 Å². The summed E-state index contributed by atoms with van der Waals surface area (Å²) in [5.41, 5.74) is 1.20. The van der Waals surface area contributed by atoms with Crippen LogP contribution in [0, 0.1) is 5.82 Å². The molecule has 0 fully saturated rings. The Morgan fingerprint density at radius 1 is 1.00 bits per heavy atom. The molecule has 0 aliphatic rings. The largest absolute Gasteiger partial charge is 0.326 e. The van der Waals surface area contributed by atoms with Crippen LogP contribution >= 0.6 is 0 Å². The van der Waals surface area contributed by atoms with Gasteiger partial charge in [-0.15, -0.1) is 0 Å². The maximum atomic E-state index is 12.9. The van der Waals surface area contributed by atoms with E-state index >= 15 is 0 Å². The molecule has 25 heavy (non-hydrogen) atoms. The molecule has 0 spiro atoms. The lowest BCUT2D eigenvalue weighted by atomic mass is 10.1. The lowest BCUT2D eigenvalue weighted by Gasteiger charge is -2.18. The van der Waals surface area contributed by atoms with Crippen LogP contribution in [0.1, 0.15) is 19.4 Å². The van der Waals surface area contributed by atoms with Gasteiger partial charge in [-0.3, -0.25) is 4.79 Å². The second kappa shape index (κ2) is 8.22. The molecule has 1 N–H and O–H groups in total. The molecule has 2 aromatic rings. The summed E-state index contributed by atoms with van der Waals surface area (Å²) in [7, 11) is -3.51. The number of amides is 1. The Bertz CT molecular complexity index is 814. The molecule has 0 unspecified atom stereocenters. The predicted molar refractivity (Wildman–Crippen MR) is 95.3 cm³/mol. The fourth-order valence-corrected chi connectivity index (χ4v) is 3.87. The van der Waals surface area contributed by atoms with Gasteiger partial charge >= 0.3 is 0 Å². The van der Waals surface area contributed by atoms with Crippen molar-refractivity contribution in [3.63, 3.8) is 0 Å². The van der Waals surface area contributed by atoms with Crippen LogP contribution in [0.25, 0.3) is 0 Å². The van der Waals surface area contributed by atoms with Gasteiger partial charge in [0.15, 0.2) is 0 Å². The van der Waals surface area contributed by atoms with Crippen LogP contribution in [0.3, 0.4) is 0 Å². The number of sulfonamides is 1. The maximum Gasteiger partial charge on any atom is 0.243 e. The number of halogens is 1. The Morgan fingerprint density at radius 3 is 2.08 bits per heavy atom. The summed E-state index contributed by atoms with van der Waals surface area (Å²) >= 11 is 0. The number of carbonyl (C=O) groups is 1. The summed E-state index contributed by atoms with van der Waals surface area (Å²) in [5.74, 6) is -0.611. The molecule has 0 saturated carbocycles. The highest BCUT2D eigenvalue weighted by atomic mass is 32.2. The highest BCUT2D eigenvalue weighted by Crippen LogP contribution is 2.18. The molecule has 0 aliphatic carbocycles. The Hall–Kier alpha value is -2.25. The number of nitrogens with one attached hydrogen (secondary N) is 1. The van der Waals surface area contributed by atoms with Crippen LogP contribution in [-0.4, -0.2) is 31.7 Å². The van der Waals surface area contributed by atoms with Crippen molar-refractivity contribution in [3.8, 4) is 0 Å². The fraction of sp³-hybridized carbons (Fsp3) is 0.278. The number of nitrogens with zero attached hydrogens (tertiary/aromatic N) is 1. The van der Waals surface area contributed by atoms with Gasteiger partial charge in [-0.2, -0.15) is 4.31 Å². The summed E-state index contributed by atoms with van der Waals surface area (Å²) in [6.07, 6.45) is 0.111. The molecule has 1 amide bonds. The molecule has 0 aromatic heterocycles. The first-order chi connectivity index (χ1) is 11.9. The van der Waals surface area contributed by atoms with E-state index in [4.69, 9.17) is 0 Å². The van der Waals surface area contributed by atoms with Gasteiger partial charge < -0.3 is 5.32 Å². The second-order valence-corrected chi connectivity index (χ2v) is 7.40. The van der Waals surface area contributed by atoms with Crippen LogP contribution < -0.4 is 5.32 Å². The van der Waals surface area contributed by atoms with Crippen molar-refractivity contribution in [2.45, 2.75) is 25.2 Å². The molecule has 0 radical (unpaired) electrons. The van der Waals surface area contributed by atoms with Gasteiger partial charge in [0.1, 0.15) is 5.82 Å². The van der Waals surface area contributed by atoms with Gasteiger partial charge in [0.05, 0.1) is 11.3 Å². The van der Waals surface area contributed by atoms with Crippen molar-refractivity contribution >= 4 is 21.6 Å². The molecule has 7 heteroatoms. The molecule has 0 saturated heterocycles. The number of hydrogen-bond acceptors (Lipinski definition) is 3. The van der Waals surface area contributed by atoms with Crippen molar-refractivity contribution in [2.75, 3.05) is 18.4 Å². The van der Waals surface area contributed by atoms with E-state index in [0.717, 1.165) is 0 Å². The zero-order valence-electron chi connectivity index (χ0n) is 14.2. The normalized spacial score (nSPS) is 11.5. The molecule has 2 aromatic carbocycles. The van der Waals surface area contributed by atoms with E-state index < -0.39 is 10.0 Å². The standard InChI is InChI=1S/C18H21FN2O3S/c1-3-21(4-2)25(23,24)17-11-9-16(10-12-17)20-18(22)13-14-5-7-15(19)8-6-14/h5-12H,3-4,13H2,1-2H3,(H,20,22). The summed E-state index contributed by atoms with van der Waals surface area (Å²) in [6.45, 7) is 4.36. The predicted octanol–water partition coefficient (Wildman–Crippen LogP) is 3.04. The molecule has 5 nitrogen and oxygen atoms in total. The summed E-state index contributed by atoms with van der Waals surface area (Å²) in [4.78, 5) is 12.2. The monoisotopic (exact) mass is 364 g/mol. The van der Waals surface area contributed by atoms with E-state index in [1.165, 1.54) is 28.6 Å². The summed E-state index contributed by atoms with van der Waals surface area (Å²) in [6, 6.07) is 11.8. The SMILES string of the molecule is CCN(CC)S(=O)(=O)c1ccc(NC(=O)Cc2ccc(F)cc2)cc1. The van der Waals surface area contributed by atoms with Gasteiger partial charge in [-0.05, 0) is 42.0 Å². The Kier molecular flexibility index (Phi) is 6.27. The van der Waals surface area contributed by atoms with Gasteiger partial charge in [0, 0.05) is 18.8 Å². The molecule has 0 aliphatic heterocycles. The quantitative estimate of drug-likeness (QED) is 0.821. The minimum atomic E-state index is -3.51. The van der Waals surface area contributed by atoms with Crippen molar-refractivity contribution in [2.24, 2.45) is 0 Å².